The van der Waals surface area contributed by atoms with E-state index in [1.54, 1.807) is 18.2 Å². The molecule has 0 radical (unpaired) electrons. The van der Waals surface area contributed by atoms with Crippen LogP contribution in [0.25, 0.3) is 5.65 Å². The van der Waals surface area contributed by atoms with Crippen molar-refractivity contribution in [1.82, 2.24) is 19.5 Å². The molecule has 146 valence electrons. The predicted molar refractivity (Wildman–Crippen MR) is 111 cm³/mol. The summed E-state index contributed by atoms with van der Waals surface area (Å²) < 4.78 is 2.05. The molecule has 0 saturated carbocycles. The Kier molecular flexibility index (Phi) is 5.53. The van der Waals surface area contributed by atoms with E-state index >= 15 is 0 Å². The summed E-state index contributed by atoms with van der Waals surface area (Å²) in [5.41, 5.74) is 1.40. The second-order valence-corrected chi connectivity index (χ2v) is 7.85. The number of aromatic nitrogens is 3. The summed E-state index contributed by atoms with van der Waals surface area (Å²) in [5, 5.41) is 12.3. The molecule has 28 heavy (non-hydrogen) atoms. The van der Waals surface area contributed by atoms with E-state index in [1.807, 2.05) is 31.3 Å². The Bertz CT molecular complexity index is 997. The minimum Gasteiger partial charge on any atom is -0.323 e. The van der Waals surface area contributed by atoms with Crippen molar-refractivity contribution >= 4 is 40.4 Å². The van der Waals surface area contributed by atoms with Gasteiger partial charge in [0.05, 0.1) is 21.8 Å². The summed E-state index contributed by atoms with van der Waals surface area (Å²) >= 11 is 12.2. The number of hydrogen-bond donors (Lipinski definition) is 1. The highest BCUT2D eigenvalue weighted by atomic mass is 35.5. The largest absolute Gasteiger partial charge is 0.323 e. The van der Waals surface area contributed by atoms with E-state index in [-0.39, 0.29) is 11.9 Å². The molecule has 1 aromatic carbocycles. The summed E-state index contributed by atoms with van der Waals surface area (Å²) in [5.74, 6) is 1.25. The third-order valence-electron chi connectivity index (χ3n) is 5.37. The fourth-order valence-electron chi connectivity index (χ4n) is 3.69. The molecule has 0 spiro atoms. The lowest BCUT2D eigenvalue weighted by atomic mass is 9.95. The monoisotopic (exact) mass is 417 g/mol. The molecule has 1 fully saturated rings. The molecule has 1 amide bonds. The molecule has 1 unspecified atom stereocenters. The van der Waals surface area contributed by atoms with Crippen molar-refractivity contribution in [3.05, 3.63) is 58.5 Å². The highest BCUT2D eigenvalue weighted by Crippen LogP contribution is 2.31. The van der Waals surface area contributed by atoms with Gasteiger partial charge in [-0.3, -0.25) is 14.1 Å². The quantitative estimate of drug-likeness (QED) is 0.689. The van der Waals surface area contributed by atoms with Gasteiger partial charge in [0.1, 0.15) is 5.82 Å². The summed E-state index contributed by atoms with van der Waals surface area (Å²) in [6.07, 6.45) is 3.87. The van der Waals surface area contributed by atoms with Gasteiger partial charge in [0.25, 0.3) is 0 Å². The lowest BCUT2D eigenvalue weighted by Gasteiger charge is -2.34. The van der Waals surface area contributed by atoms with Crippen molar-refractivity contribution in [3.63, 3.8) is 0 Å². The Hall–Kier alpha value is -2.15. The Morgan fingerprint density at radius 1 is 1.14 bits per heavy atom. The Labute approximate surface area is 173 Å². The van der Waals surface area contributed by atoms with Gasteiger partial charge in [0.2, 0.25) is 5.91 Å². The van der Waals surface area contributed by atoms with Crippen molar-refractivity contribution < 1.29 is 4.79 Å². The first-order valence-electron chi connectivity index (χ1n) is 9.33. The van der Waals surface area contributed by atoms with Gasteiger partial charge in [0, 0.05) is 12.1 Å². The minimum atomic E-state index is -0.258. The number of pyridine rings is 1. The molecule has 4 rings (SSSR count). The van der Waals surface area contributed by atoms with Crippen molar-refractivity contribution in [2.45, 2.75) is 31.7 Å². The number of nitrogens with zero attached hydrogens (tertiary/aromatic N) is 4. The molecule has 1 N–H and O–H groups in total. The summed E-state index contributed by atoms with van der Waals surface area (Å²) in [7, 11) is 0. The fourth-order valence-corrected chi connectivity index (χ4v) is 4.03. The van der Waals surface area contributed by atoms with Crippen LogP contribution in [0.15, 0.2) is 42.6 Å². The SMILES string of the molecule is CC(C(=O)Nc1cccc(Cl)c1Cl)N1CCC(c2nnc3ccccn23)CC1. The van der Waals surface area contributed by atoms with E-state index in [0.717, 1.165) is 37.4 Å². The third kappa shape index (κ3) is 3.72. The summed E-state index contributed by atoms with van der Waals surface area (Å²) in [6, 6.07) is 10.9. The number of anilines is 1. The predicted octanol–water partition coefficient (Wildman–Crippen LogP) is 4.24. The second kappa shape index (κ2) is 8.07. The van der Waals surface area contributed by atoms with E-state index in [0.29, 0.717) is 21.7 Å². The van der Waals surface area contributed by atoms with Gasteiger partial charge in [-0.25, -0.2) is 0 Å². The Morgan fingerprint density at radius 3 is 2.71 bits per heavy atom. The van der Waals surface area contributed by atoms with Gasteiger partial charge in [-0.05, 0) is 57.1 Å². The first kappa shape index (κ1) is 19.2. The molecule has 3 aromatic rings. The standard InChI is InChI=1S/C20H21Cl2N5O/c1-13(20(28)23-16-6-4-5-15(21)18(16)22)26-11-8-14(9-12-26)19-25-24-17-7-2-3-10-27(17)19/h2-7,10,13-14H,8-9,11-12H2,1H3,(H,23,28). The second-order valence-electron chi connectivity index (χ2n) is 7.06. The molecular weight excluding hydrogens is 397 g/mol. The van der Waals surface area contributed by atoms with Gasteiger partial charge in [-0.1, -0.05) is 35.3 Å². The van der Waals surface area contributed by atoms with E-state index in [2.05, 4.69) is 24.8 Å². The number of piperidine rings is 1. The lowest BCUT2D eigenvalue weighted by molar-refractivity contribution is -0.121. The topological polar surface area (TPSA) is 62.5 Å². The molecule has 1 saturated heterocycles. The van der Waals surface area contributed by atoms with E-state index < -0.39 is 0 Å². The Balaban J connectivity index is 1.39. The molecule has 1 aliphatic heterocycles. The van der Waals surface area contributed by atoms with Crippen LogP contribution < -0.4 is 5.32 Å². The number of likely N-dealkylation sites (tertiary alicyclic amines) is 1. The number of fused-ring (bicyclic) bond motifs is 1. The zero-order valence-electron chi connectivity index (χ0n) is 15.5. The molecule has 8 heteroatoms. The first-order chi connectivity index (χ1) is 13.5. The van der Waals surface area contributed by atoms with E-state index in [4.69, 9.17) is 23.2 Å². The van der Waals surface area contributed by atoms with Gasteiger partial charge >= 0.3 is 0 Å². The zero-order chi connectivity index (χ0) is 19.7. The van der Waals surface area contributed by atoms with Crippen LogP contribution in [0.2, 0.25) is 10.0 Å². The number of carbonyl (C=O) groups is 1. The van der Waals surface area contributed by atoms with Crippen molar-refractivity contribution in [2.24, 2.45) is 0 Å². The number of hydrogen-bond acceptors (Lipinski definition) is 4. The number of amides is 1. The van der Waals surface area contributed by atoms with Crippen LogP contribution in [-0.2, 0) is 4.79 Å². The highest BCUT2D eigenvalue weighted by molar-refractivity contribution is 6.44. The molecule has 3 heterocycles. The van der Waals surface area contributed by atoms with Crippen molar-refractivity contribution in [1.29, 1.82) is 0 Å². The number of carbonyl (C=O) groups excluding carboxylic acids is 1. The van der Waals surface area contributed by atoms with E-state index in [1.165, 1.54) is 0 Å². The van der Waals surface area contributed by atoms with Crippen LogP contribution in [0.5, 0.6) is 0 Å². The van der Waals surface area contributed by atoms with Gasteiger partial charge < -0.3 is 5.32 Å². The van der Waals surface area contributed by atoms with Crippen LogP contribution in [0.4, 0.5) is 5.69 Å². The van der Waals surface area contributed by atoms with Crippen LogP contribution in [0.1, 0.15) is 31.5 Å². The number of halogens is 2. The maximum atomic E-state index is 12.7. The highest BCUT2D eigenvalue weighted by Gasteiger charge is 2.29. The normalized spacial score (nSPS) is 17.0. The average molecular weight is 418 g/mol. The van der Waals surface area contributed by atoms with Crippen LogP contribution in [0, 0.1) is 0 Å². The summed E-state index contributed by atoms with van der Waals surface area (Å²) in [4.78, 5) is 14.9. The molecule has 0 bridgehead atoms. The maximum absolute atomic E-state index is 12.7. The summed E-state index contributed by atoms with van der Waals surface area (Å²) in [6.45, 7) is 3.56. The lowest BCUT2D eigenvalue weighted by Crippen LogP contribution is -2.46. The van der Waals surface area contributed by atoms with Crippen LogP contribution in [0.3, 0.4) is 0 Å². The average Bonchev–Trinajstić information content (AvgIpc) is 3.15. The van der Waals surface area contributed by atoms with Crippen LogP contribution >= 0.6 is 23.2 Å². The number of nitrogens with one attached hydrogen (secondary N) is 1. The first-order valence-corrected chi connectivity index (χ1v) is 10.1. The minimum absolute atomic E-state index is 0.0875. The molecule has 1 atom stereocenters. The van der Waals surface area contributed by atoms with Crippen molar-refractivity contribution in [2.75, 3.05) is 18.4 Å². The van der Waals surface area contributed by atoms with E-state index in [9.17, 15) is 4.79 Å². The smallest absolute Gasteiger partial charge is 0.241 e. The number of rotatable bonds is 4. The molecule has 6 nitrogen and oxygen atoms in total. The van der Waals surface area contributed by atoms with Crippen molar-refractivity contribution in [3.8, 4) is 0 Å². The molecule has 1 aliphatic rings. The Morgan fingerprint density at radius 2 is 1.93 bits per heavy atom. The van der Waals surface area contributed by atoms with Gasteiger partial charge in [-0.2, -0.15) is 0 Å². The molecule has 0 aliphatic carbocycles. The maximum Gasteiger partial charge on any atom is 0.241 e. The number of benzene rings is 1. The van der Waals surface area contributed by atoms with Crippen LogP contribution in [-0.4, -0.2) is 44.5 Å². The van der Waals surface area contributed by atoms with Gasteiger partial charge in [-0.15, -0.1) is 10.2 Å². The third-order valence-corrected chi connectivity index (χ3v) is 6.19. The van der Waals surface area contributed by atoms with Gasteiger partial charge in [0.15, 0.2) is 5.65 Å². The zero-order valence-corrected chi connectivity index (χ0v) is 17.0. The fraction of sp³-hybridized carbons (Fsp3) is 0.350. The molecular formula is C20H21Cl2N5O. The molecule has 2 aromatic heterocycles.